The third kappa shape index (κ3) is 1.57. The standard InChI is InChI=1S/C8H7N3O.Al.2H/c12-7-3-1-4-9-8(7)11-6-2-5-10-11;;;/h1-6,12H;;;/q;+1;;/p-1. The molecule has 2 aromatic heterocycles. The molecular formula is C8H8AlN3O. The molecule has 0 unspecified atom stereocenters. The molecule has 0 spiro atoms. The van der Waals surface area contributed by atoms with E-state index in [1.165, 1.54) is 0 Å². The third-order valence-corrected chi connectivity index (χ3v) is 2.13. The van der Waals surface area contributed by atoms with E-state index in [9.17, 15) is 0 Å². The lowest BCUT2D eigenvalue weighted by atomic mass is 10.4. The first kappa shape index (κ1) is 8.30. The zero-order chi connectivity index (χ0) is 9.10. The molecule has 0 atom stereocenters. The molecule has 0 saturated carbocycles. The van der Waals surface area contributed by atoms with Gasteiger partial charge in [0.25, 0.3) is 0 Å². The summed E-state index contributed by atoms with van der Waals surface area (Å²) in [4.78, 5) is 4.19. The van der Waals surface area contributed by atoms with Crippen LogP contribution in [-0.2, 0) is 0 Å². The van der Waals surface area contributed by atoms with Gasteiger partial charge >= 0.3 is 16.6 Å². The molecule has 0 radical (unpaired) electrons. The van der Waals surface area contributed by atoms with Crippen molar-refractivity contribution in [3.05, 3.63) is 36.8 Å². The predicted molar refractivity (Wildman–Crippen MR) is 50.5 cm³/mol. The van der Waals surface area contributed by atoms with Crippen molar-refractivity contribution in [3.63, 3.8) is 0 Å². The third-order valence-electron chi connectivity index (χ3n) is 1.69. The highest BCUT2D eigenvalue weighted by atomic mass is 27.1. The van der Waals surface area contributed by atoms with Gasteiger partial charge in [-0.3, -0.25) is 0 Å². The molecule has 0 N–H and O–H groups in total. The highest BCUT2D eigenvalue weighted by Crippen LogP contribution is 2.17. The minimum absolute atomic E-state index is 0.654. The number of hydrogen-bond acceptors (Lipinski definition) is 3. The number of nitrogens with zero attached hydrogens (tertiary/aromatic N) is 3. The molecule has 0 aliphatic rings. The summed E-state index contributed by atoms with van der Waals surface area (Å²) in [5.74, 6) is 1.51. The second-order valence-electron chi connectivity index (χ2n) is 2.48. The van der Waals surface area contributed by atoms with Gasteiger partial charge in [-0.15, -0.1) is 0 Å². The molecule has 0 bridgehead atoms. The predicted octanol–water partition coefficient (Wildman–Crippen LogP) is 0.194. The maximum absolute atomic E-state index is 5.28. The van der Waals surface area contributed by atoms with Gasteiger partial charge in [0.15, 0.2) is 5.82 Å². The van der Waals surface area contributed by atoms with Crippen molar-refractivity contribution >= 4 is 16.6 Å². The molecule has 13 heavy (non-hydrogen) atoms. The highest BCUT2D eigenvalue weighted by Gasteiger charge is 2.03. The zero-order valence-electron chi connectivity index (χ0n) is 7.21. The zero-order valence-corrected chi connectivity index (χ0v) is 9.21. The van der Waals surface area contributed by atoms with Gasteiger partial charge < -0.3 is 3.79 Å². The van der Waals surface area contributed by atoms with Crippen LogP contribution in [0, 0.1) is 0 Å². The van der Waals surface area contributed by atoms with E-state index in [-0.39, 0.29) is 0 Å². The van der Waals surface area contributed by atoms with Crippen LogP contribution in [0.3, 0.4) is 0 Å². The fourth-order valence-electron chi connectivity index (χ4n) is 1.11. The summed E-state index contributed by atoms with van der Waals surface area (Å²) < 4.78 is 6.97. The molecule has 0 amide bonds. The fraction of sp³-hybridized carbons (Fsp3) is 0. The van der Waals surface area contributed by atoms with Gasteiger partial charge in [0, 0.05) is 18.6 Å². The second kappa shape index (κ2) is 3.61. The Morgan fingerprint density at radius 1 is 1.31 bits per heavy atom. The number of rotatable bonds is 2. The Kier molecular flexibility index (Phi) is 2.30. The summed E-state index contributed by atoms with van der Waals surface area (Å²) in [5, 5.41) is 4.08. The molecule has 2 rings (SSSR count). The highest BCUT2D eigenvalue weighted by molar-refractivity contribution is 6.00. The summed E-state index contributed by atoms with van der Waals surface area (Å²) in [6.07, 6.45) is 5.28. The molecule has 2 aromatic rings. The topological polar surface area (TPSA) is 39.9 Å². The van der Waals surface area contributed by atoms with Crippen molar-refractivity contribution in [2.45, 2.75) is 0 Å². The van der Waals surface area contributed by atoms with Gasteiger partial charge in [0.2, 0.25) is 0 Å². The van der Waals surface area contributed by atoms with Crippen molar-refractivity contribution < 1.29 is 3.79 Å². The smallest absolute Gasteiger partial charge is 0.497 e. The monoisotopic (exact) mass is 189 g/mol. The summed E-state index contributed by atoms with van der Waals surface area (Å²) in [7, 11) is 0. The quantitative estimate of drug-likeness (QED) is 0.633. The molecule has 0 aliphatic heterocycles. The van der Waals surface area contributed by atoms with Crippen molar-refractivity contribution in [1.29, 1.82) is 0 Å². The Morgan fingerprint density at radius 3 is 2.92 bits per heavy atom. The molecule has 4 nitrogen and oxygen atoms in total. The Balaban J connectivity index is 2.51. The van der Waals surface area contributed by atoms with Crippen LogP contribution in [-0.4, -0.2) is 31.4 Å². The van der Waals surface area contributed by atoms with Gasteiger partial charge in [-0.25, -0.2) is 9.67 Å². The lowest BCUT2D eigenvalue weighted by Crippen LogP contribution is -2.01. The van der Waals surface area contributed by atoms with E-state index in [1.807, 2.05) is 24.4 Å². The molecule has 0 fully saturated rings. The maximum Gasteiger partial charge on any atom is 0.497 e. The van der Waals surface area contributed by atoms with E-state index in [1.54, 1.807) is 17.1 Å². The average molecular weight is 189 g/mol. The molecule has 0 saturated heterocycles. The van der Waals surface area contributed by atoms with E-state index in [2.05, 4.69) is 10.1 Å². The minimum atomic E-state index is 0.654. The maximum atomic E-state index is 5.28. The van der Waals surface area contributed by atoms with Crippen molar-refractivity contribution in [1.82, 2.24) is 14.8 Å². The SMILES string of the molecule is [AlH2][O]c1cccnc1-n1cccn1. The van der Waals surface area contributed by atoms with Crippen LogP contribution in [0.4, 0.5) is 0 Å². The fourth-order valence-corrected chi connectivity index (χ4v) is 1.43. The van der Waals surface area contributed by atoms with E-state index < -0.39 is 0 Å². The first-order valence-corrected chi connectivity index (χ1v) is 4.72. The first-order chi connectivity index (χ1) is 6.42. The van der Waals surface area contributed by atoms with Crippen LogP contribution >= 0.6 is 0 Å². The minimum Gasteiger partial charge on any atom is -0.645 e. The van der Waals surface area contributed by atoms with Crippen molar-refractivity contribution in [2.75, 3.05) is 0 Å². The Morgan fingerprint density at radius 2 is 2.23 bits per heavy atom. The van der Waals surface area contributed by atoms with Crippen LogP contribution in [0.15, 0.2) is 36.8 Å². The van der Waals surface area contributed by atoms with Gasteiger partial charge in [0.05, 0.1) is 0 Å². The van der Waals surface area contributed by atoms with Crippen molar-refractivity contribution in [2.24, 2.45) is 0 Å². The van der Waals surface area contributed by atoms with Crippen molar-refractivity contribution in [3.8, 4) is 11.6 Å². The van der Waals surface area contributed by atoms with Gasteiger partial charge in [0.1, 0.15) is 5.75 Å². The van der Waals surface area contributed by atoms with Crippen LogP contribution in [0.25, 0.3) is 5.82 Å². The normalized spacial score (nSPS) is 9.85. The van der Waals surface area contributed by atoms with Gasteiger partial charge in [-0.1, -0.05) is 0 Å². The molecule has 64 valence electrons. The number of pyridine rings is 1. The summed E-state index contributed by atoms with van der Waals surface area (Å²) in [6, 6.07) is 5.59. The Hall–Kier alpha value is -1.31. The van der Waals surface area contributed by atoms with Gasteiger partial charge in [-0.05, 0) is 18.2 Å². The second-order valence-corrected chi connectivity index (χ2v) is 2.89. The van der Waals surface area contributed by atoms with E-state index >= 15 is 0 Å². The van der Waals surface area contributed by atoms with Crippen LogP contribution in [0.1, 0.15) is 0 Å². The Bertz CT molecular complexity index is 388. The molecule has 2 heterocycles. The largest absolute Gasteiger partial charge is 0.645 e. The van der Waals surface area contributed by atoms with Crippen LogP contribution in [0.5, 0.6) is 5.75 Å². The molecular weight excluding hydrogens is 181 g/mol. The molecule has 0 aromatic carbocycles. The average Bonchev–Trinajstić information content (AvgIpc) is 2.70. The Labute approximate surface area is 83.9 Å². The summed E-state index contributed by atoms with van der Waals surface area (Å²) in [6.45, 7) is 0. The lowest BCUT2D eigenvalue weighted by molar-refractivity contribution is 0.599. The van der Waals surface area contributed by atoms with E-state index in [4.69, 9.17) is 3.79 Å². The number of hydrogen-bond donors (Lipinski definition) is 0. The first-order valence-electron chi connectivity index (χ1n) is 3.91. The van der Waals surface area contributed by atoms with Crippen LogP contribution in [0.2, 0.25) is 0 Å². The van der Waals surface area contributed by atoms with Gasteiger partial charge in [-0.2, -0.15) is 5.10 Å². The van der Waals surface area contributed by atoms with Crippen LogP contribution < -0.4 is 3.79 Å². The van der Waals surface area contributed by atoms with E-state index in [0.717, 1.165) is 11.6 Å². The lowest BCUT2D eigenvalue weighted by Gasteiger charge is -2.07. The number of aromatic nitrogens is 3. The summed E-state index contributed by atoms with van der Waals surface area (Å²) >= 11 is 0.654. The molecule has 0 aliphatic carbocycles. The summed E-state index contributed by atoms with van der Waals surface area (Å²) in [5.41, 5.74) is 0. The molecule has 5 heteroatoms. The van der Waals surface area contributed by atoms with E-state index in [0.29, 0.717) is 16.6 Å².